The summed E-state index contributed by atoms with van der Waals surface area (Å²) in [4.78, 5) is 19.4. The number of carbonyl (C=O) groups is 1. The number of hydrogen-bond donors (Lipinski definition) is 0. The van der Waals surface area contributed by atoms with Gasteiger partial charge in [0.1, 0.15) is 0 Å². The molecule has 0 fully saturated rings. The topological polar surface area (TPSA) is 81.5 Å². The molecule has 0 atom stereocenters. The minimum atomic E-state index is -3.68. The van der Waals surface area contributed by atoms with E-state index in [1.54, 1.807) is 41.0 Å². The van der Waals surface area contributed by atoms with E-state index in [1.165, 1.54) is 0 Å². The van der Waals surface area contributed by atoms with E-state index in [0.717, 1.165) is 5.56 Å². The maximum atomic E-state index is 13.4. The van der Waals surface area contributed by atoms with Crippen LogP contribution in [0.4, 0.5) is 0 Å². The van der Waals surface area contributed by atoms with Gasteiger partial charge in [0.05, 0.1) is 30.8 Å². The van der Waals surface area contributed by atoms with Gasteiger partial charge in [-0.1, -0.05) is 62.4 Å². The normalized spacial score (nSPS) is 11.7. The average molecular weight is 484 g/mol. The minimum absolute atomic E-state index is 0.0371. The molecule has 8 heteroatoms. The molecule has 0 aliphatic rings. The minimum Gasteiger partial charge on any atom is -0.383 e. The van der Waals surface area contributed by atoms with Crippen LogP contribution in [0.15, 0.2) is 66.0 Å². The van der Waals surface area contributed by atoms with E-state index in [9.17, 15) is 13.2 Å². The summed E-state index contributed by atoms with van der Waals surface area (Å²) in [5.41, 5.74) is 2.89. The molecule has 0 aliphatic carbocycles. The lowest BCUT2D eigenvalue weighted by Crippen LogP contribution is -2.35. The summed E-state index contributed by atoms with van der Waals surface area (Å²) in [6, 6.07) is 16.5. The molecule has 0 spiro atoms. The van der Waals surface area contributed by atoms with E-state index >= 15 is 0 Å². The van der Waals surface area contributed by atoms with Crippen LogP contribution < -0.4 is 0 Å². The highest BCUT2D eigenvalue weighted by Crippen LogP contribution is 2.21. The Morgan fingerprint density at radius 1 is 1.09 bits per heavy atom. The number of amides is 1. The second kappa shape index (κ2) is 11.4. The molecule has 0 aliphatic heterocycles. The zero-order valence-corrected chi connectivity index (χ0v) is 21.1. The molecule has 1 amide bonds. The van der Waals surface area contributed by atoms with E-state index in [1.807, 2.05) is 57.2 Å². The largest absolute Gasteiger partial charge is 0.383 e. The summed E-state index contributed by atoms with van der Waals surface area (Å²) < 4.78 is 33.6. The standard InChI is InChI=1S/C26H33N3O4S/c1-20(2)17-29-23(16-27-26(29)34(31,32)19-22-11-6-5-7-12-22)18-28(14-15-33-4)25(30)24-13-9-8-10-21(24)3/h5-13,16,20H,14-15,17-19H2,1-4H3. The van der Waals surface area contributed by atoms with Crippen LogP contribution in [0.1, 0.15) is 41.0 Å². The number of nitrogens with zero attached hydrogens (tertiary/aromatic N) is 3. The van der Waals surface area contributed by atoms with E-state index < -0.39 is 9.84 Å². The summed E-state index contributed by atoms with van der Waals surface area (Å²) in [6.45, 7) is 7.42. The van der Waals surface area contributed by atoms with Crippen molar-refractivity contribution in [3.8, 4) is 0 Å². The summed E-state index contributed by atoms with van der Waals surface area (Å²) in [5, 5.41) is 0.0371. The Bertz CT molecular complexity index is 1200. The second-order valence-corrected chi connectivity index (χ2v) is 10.7. The Morgan fingerprint density at radius 3 is 2.41 bits per heavy atom. The molecule has 3 rings (SSSR count). The molecule has 3 aromatic rings. The maximum Gasteiger partial charge on any atom is 0.254 e. The lowest BCUT2D eigenvalue weighted by atomic mass is 10.1. The van der Waals surface area contributed by atoms with Gasteiger partial charge in [-0.05, 0) is 30.0 Å². The summed E-state index contributed by atoms with van der Waals surface area (Å²) in [5.74, 6) is -0.0583. The molecule has 0 radical (unpaired) electrons. The van der Waals surface area contributed by atoms with Crippen molar-refractivity contribution in [2.75, 3.05) is 20.3 Å². The van der Waals surface area contributed by atoms with Crippen LogP contribution in [-0.2, 0) is 33.4 Å². The van der Waals surface area contributed by atoms with E-state index in [4.69, 9.17) is 4.74 Å². The van der Waals surface area contributed by atoms with Gasteiger partial charge in [0.2, 0.25) is 15.0 Å². The predicted molar refractivity (Wildman–Crippen MR) is 132 cm³/mol. The molecule has 34 heavy (non-hydrogen) atoms. The van der Waals surface area contributed by atoms with Crippen LogP contribution in [0.3, 0.4) is 0 Å². The van der Waals surface area contributed by atoms with Gasteiger partial charge in [-0.15, -0.1) is 0 Å². The summed E-state index contributed by atoms with van der Waals surface area (Å²) >= 11 is 0. The molecule has 7 nitrogen and oxygen atoms in total. The second-order valence-electron chi connectivity index (χ2n) is 8.82. The molecule has 0 bridgehead atoms. The highest BCUT2D eigenvalue weighted by Gasteiger charge is 2.26. The number of aromatic nitrogens is 2. The fourth-order valence-electron chi connectivity index (χ4n) is 3.82. The first-order valence-corrected chi connectivity index (χ1v) is 13.0. The number of carbonyl (C=O) groups excluding carboxylic acids is 1. The summed E-state index contributed by atoms with van der Waals surface area (Å²) in [7, 11) is -2.09. The third-order valence-electron chi connectivity index (χ3n) is 5.51. The van der Waals surface area contributed by atoms with Gasteiger partial charge in [-0.2, -0.15) is 0 Å². The Hall–Kier alpha value is -2.97. The molecule has 1 aromatic heterocycles. The van der Waals surface area contributed by atoms with Gasteiger partial charge < -0.3 is 14.2 Å². The van der Waals surface area contributed by atoms with Crippen LogP contribution in [-0.4, -0.2) is 49.0 Å². The van der Waals surface area contributed by atoms with Crippen LogP contribution in [0.25, 0.3) is 0 Å². The van der Waals surface area contributed by atoms with Gasteiger partial charge in [-0.25, -0.2) is 13.4 Å². The average Bonchev–Trinajstić information content (AvgIpc) is 3.19. The number of hydrogen-bond acceptors (Lipinski definition) is 5. The number of methoxy groups -OCH3 is 1. The van der Waals surface area contributed by atoms with E-state index in [-0.39, 0.29) is 29.3 Å². The maximum absolute atomic E-state index is 13.4. The molecular weight excluding hydrogens is 450 g/mol. The fourth-order valence-corrected chi connectivity index (χ4v) is 5.32. The fraction of sp³-hybridized carbons (Fsp3) is 0.385. The lowest BCUT2D eigenvalue weighted by Gasteiger charge is -2.24. The molecule has 0 saturated carbocycles. The summed E-state index contributed by atoms with van der Waals surface area (Å²) in [6.07, 6.45) is 1.57. The Labute approximate surface area is 202 Å². The van der Waals surface area contributed by atoms with Crippen LogP contribution in [0.2, 0.25) is 0 Å². The molecule has 0 N–H and O–H groups in total. The zero-order chi connectivity index (χ0) is 24.7. The van der Waals surface area contributed by atoms with Crippen LogP contribution >= 0.6 is 0 Å². The van der Waals surface area contributed by atoms with Crippen molar-refractivity contribution in [2.24, 2.45) is 5.92 Å². The first-order valence-electron chi connectivity index (χ1n) is 11.4. The third-order valence-corrected chi connectivity index (χ3v) is 7.10. The molecule has 0 saturated heterocycles. The van der Waals surface area contributed by atoms with Gasteiger partial charge in [0.15, 0.2) is 0 Å². The molecular formula is C26H33N3O4S. The highest BCUT2D eigenvalue weighted by molar-refractivity contribution is 7.90. The zero-order valence-electron chi connectivity index (χ0n) is 20.3. The Morgan fingerprint density at radius 2 is 1.76 bits per heavy atom. The lowest BCUT2D eigenvalue weighted by molar-refractivity contribution is 0.0674. The smallest absolute Gasteiger partial charge is 0.254 e. The van der Waals surface area contributed by atoms with Crippen molar-refractivity contribution < 1.29 is 17.9 Å². The van der Waals surface area contributed by atoms with E-state index in [2.05, 4.69) is 4.98 Å². The number of benzene rings is 2. The number of rotatable bonds is 11. The monoisotopic (exact) mass is 483 g/mol. The predicted octanol–water partition coefficient (Wildman–Crippen LogP) is 4.11. The number of ether oxygens (including phenoxy) is 1. The van der Waals surface area contributed by atoms with Crippen molar-refractivity contribution in [2.45, 2.75) is 44.8 Å². The van der Waals surface area contributed by atoms with Crippen molar-refractivity contribution in [3.63, 3.8) is 0 Å². The third kappa shape index (κ3) is 6.33. The number of aryl methyl sites for hydroxylation is 1. The van der Waals surface area contributed by atoms with Crippen molar-refractivity contribution in [1.29, 1.82) is 0 Å². The quantitative estimate of drug-likeness (QED) is 0.410. The SMILES string of the molecule is COCCN(Cc1cnc(S(=O)(=O)Cc2ccccc2)n1CC(C)C)C(=O)c1ccccc1C. The molecule has 0 unspecified atom stereocenters. The van der Waals surface area contributed by atoms with Crippen molar-refractivity contribution in [1.82, 2.24) is 14.5 Å². The van der Waals surface area contributed by atoms with Gasteiger partial charge in [0, 0.05) is 25.8 Å². The number of sulfone groups is 1. The number of imidazole rings is 1. The molecule has 182 valence electrons. The van der Waals surface area contributed by atoms with Gasteiger partial charge >= 0.3 is 0 Å². The van der Waals surface area contributed by atoms with Crippen molar-refractivity contribution >= 4 is 15.7 Å². The van der Waals surface area contributed by atoms with Gasteiger partial charge in [-0.3, -0.25) is 4.79 Å². The van der Waals surface area contributed by atoms with Crippen LogP contribution in [0.5, 0.6) is 0 Å². The first kappa shape index (κ1) is 25.6. The van der Waals surface area contributed by atoms with Gasteiger partial charge in [0.25, 0.3) is 5.91 Å². The van der Waals surface area contributed by atoms with E-state index in [0.29, 0.717) is 36.5 Å². The van der Waals surface area contributed by atoms with Crippen LogP contribution in [0, 0.1) is 12.8 Å². The first-order chi connectivity index (χ1) is 16.2. The highest BCUT2D eigenvalue weighted by atomic mass is 32.2. The molecule has 1 heterocycles. The Kier molecular flexibility index (Phi) is 8.63. The Balaban J connectivity index is 1.96. The molecule has 2 aromatic carbocycles. The van der Waals surface area contributed by atoms with Crippen molar-refractivity contribution in [3.05, 3.63) is 83.2 Å².